The molecule has 1 unspecified atom stereocenters. The van der Waals surface area contributed by atoms with Gasteiger partial charge in [0.05, 0.1) is 5.56 Å². The molecule has 0 saturated heterocycles. The molecule has 1 aromatic rings. The van der Waals surface area contributed by atoms with Crippen molar-refractivity contribution in [1.82, 2.24) is 10.2 Å². The molecule has 2 amide bonds. The summed E-state index contributed by atoms with van der Waals surface area (Å²) in [5.41, 5.74) is -0.216. The van der Waals surface area contributed by atoms with Crippen LogP contribution in [0.15, 0.2) is 18.2 Å². The largest absolute Gasteiger partial charge is 0.508 e. The molecule has 0 saturated carbocycles. The number of carbonyl (C=O) groups excluding carboxylic acids is 2. The molecule has 0 aromatic heterocycles. The van der Waals surface area contributed by atoms with Crippen LogP contribution in [0.4, 0.5) is 4.39 Å². The number of carbonyl (C=O) groups is 2. The second kappa shape index (κ2) is 5.48. The number of phenolic OH excluding ortho intramolecular Hbond substituents is 1. The van der Waals surface area contributed by atoms with Crippen LogP contribution in [-0.4, -0.2) is 42.0 Å². The number of benzene rings is 1. The van der Waals surface area contributed by atoms with E-state index in [1.807, 2.05) is 0 Å². The summed E-state index contributed by atoms with van der Waals surface area (Å²) in [6.45, 7) is 1.51. The fourth-order valence-electron chi connectivity index (χ4n) is 1.41. The third-order valence-electron chi connectivity index (χ3n) is 2.36. The Kier molecular flexibility index (Phi) is 4.25. The Bertz CT molecular complexity index is 474. The molecule has 5 nitrogen and oxygen atoms in total. The molecular formula is C12H15FN2O3. The molecule has 1 rings (SSSR count). The average molecular weight is 254 g/mol. The van der Waals surface area contributed by atoms with E-state index in [0.717, 1.165) is 12.1 Å². The van der Waals surface area contributed by atoms with Gasteiger partial charge < -0.3 is 15.3 Å². The van der Waals surface area contributed by atoms with E-state index < -0.39 is 17.8 Å². The third-order valence-corrected chi connectivity index (χ3v) is 2.36. The first-order chi connectivity index (χ1) is 8.32. The van der Waals surface area contributed by atoms with Gasteiger partial charge in [-0.2, -0.15) is 0 Å². The van der Waals surface area contributed by atoms with Crippen LogP contribution >= 0.6 is 0 Å². The fourth-order valence-corrected chi connectivity index (χ4v) is 1.41. The highest BCUT2D eigenvalue weighted by Gasteiger charge is 2.19. The third kappa shape index (κ3) is 3.19. The number of nitrogens with zero attached hydrogens (tertiary/aromatic N) is 1. The number of phenols is 1. The Morgan fingerprint density at radius 2 is 2.00 bits per heavy atom. The Hall–Kier alpha value is -2.11. The van der Waals surface area contributed by atoms with Crippen LogP contribution in [0.25, 0.3) is 0 Å². The maximum atomic E-state index is 13.4. The molecule has 0 spiro atoms. The maximum absolute atomic E-state index is 13.4. The van der Waals surface area contributed by atoms with E-state index in [0.29, 0.717) is 0 Å². The van der Waals surface area contributed by atoms with Gasteiger partial charge in [-0.1, -0.05) is 0 Å². The Morgan fingerprint density at radius 3 is 2.50 bits per heavy atom. The number of rotatable bonds is 3. The topological polar surface area (TPSA) is 69.6 Å². The number of amides is 2. The van der Waals surface area contributed by atoms with Crippen LogP contribution in [0, 0.1) is 5.82 Å². The quantitative estimate of drug-likeness (QED) is 0.835. The second-order valence-electron chi connectivity index (χ2n) is 4.09. The van der Waals surface area contributed by atoms with Gasteiger partial charge >= 0.3 is 0 Å². The monoisotopic (exact) mass is 254 g/mol. The van der Waals surface area contributed by atoms with Gasteiger partial charge in [0.1, 0.15) is 17.6 Å². The van der Waals surface area contributed by atoms with E-state index in [1.54, 1.807) is 14.1 Å². The average Bonchev–Trinajstić information content (AvgIpc) is 2.27. The van der Waals surface area contributed by atoms with E-state index in [9.17, 15) is 14.0 Å². The number of halogens is 1. The molecule has 98 valence electrons. The molecule has 0 bridgehead atoms. The summed E-state index contributed by atoms with van der Waals surface area (Å²) in [7, 11) is 3.12. The molecule has 0 aliphatic rings. The number of nitrogens with one attached hydrogen (secondary N) is 1. The molecule has 0 heterocycles. The Morgan fingerprint density at radius 1 is 1.39 bits per heavy atom. The van der Waals surface area contributed by atoms with Gasteiger partial charge in [-0.15, -0.1) is 0 Å². The lowest BCUT2D eigenvalue weighted by molar-refractivity contribution is -0.130. The van der Waals surface area contributed by atoms with Crippen LogP contribution in [0.1, 0.15) is 17.3 Å². The van der Waals surface area contributed by atoms with Crippen molar-refractivity contribution in [3.05, 3.63) is 29.6 Å². The highest BCUT2D eigenvalue weighted by atomic mass is 19.1. The number of aromatic hydroxyl groups is 1. The number of hydrogen-bond acceptors (Lipinski definition) is 3. The maximum Gasteiger partial charge on any atom is 0.254 e. The standard InChI is InChI=1S/C12H15FN2O3/c1-7(12(18)15(2)3)14-11(17)9-5-4-8(16)6-10(9)13/h4-7,16H,1-3H3,(H,14,17). The van der Waals surface area contributed by atoms with Crippen molar-refractivity contribution in [2.24, 2.45) is 0 Å². The highest BCUT2D eigenvalue weighted by molar-refractivity contribution is 5.97. The lowest BCUT2D eigenvalue weighted by atomic mass is 10.1. The van der Waals surface area contributed by atoms with E-state index >= 15 is 0 Å². The second-order valence-corrected chi connectivity index (χ2v) is 4.09. The van der Waals surface area contributed by atoms with E-state index in [-0.39, 0.29) is 17.2 Å². The minimum absolute atomic E-state index is 0.216. The molecule has 0 aliphatic heterocycles. The lowest BCUT2D eigenvalue weighted by Crippen LogP contribution is -2.44. The molecule has 2 N–H and O–H groups in total. The van der Waals surface area contributed by atoms with Crippen molar-refractivity contribution < 1.29 is 19.1 Å². The van der Waals surface area contributed by atoms with Gasteiger partial charge in [0.2, 0.25) is 5.91 Å². The minimum Gasteiger partial charge on any atom is -0.508 e. The van der Waals surface area contributed by atoms with Crippen molar-refractivity contribution in [2.75, 3.05) is 14.1 Å². The first kappa shape index (κ1) is 14.0. The molecule has 0 radical (unpaired) electrons. The smallest absolute Gasteiger partial charge is 0.254 e. The van der Waals surface area contributed by atoms with Crippen LogP contribution in [-0.2, 0) is 4.79 Å². The molecule has 1 aromatic carbocycles. The van der Waals surface area contributed by atoms with Gasteiger partial charge in [-0.3, -0.25) is 9.59 Å². The molecule has 0 aliphatic carbocycles. The van der Waals surface area contributed by atoms with Crippen molar-refractivity contribution in [1.29, 1.82) is 0 Å². The van der Waals surface area contributed by atoms with Crippen LogP contribution in [0.3, 0.4) is 0 Å². The summed E-state index contributed by atoms with van der Waals surface area (Å²) in [6.07, 6.45) is 0. The van der Waals surface area contributed by atoms with Crippen LogP contribution in [0.5, 0.6) is 5.75 Å². The summed E-state index contributed by atoms with van der Waals surface area (Å²) in [5, 5.41) is 11.4. The summed E-state index contributed by atoms with van der Waals surface area (Å²) in [6, 6.07) is 2.46. The zero-order chi connectivity index (χ0) is 13.9. The lowest BCUT2D eigenvalue weighted by Gasteiger charge is -2.18. The molecule has 1 atom stereocenters. The fraction of sp³-hybridized carbons (Fsp3) is 0.333. The van der Waals surface area contributed by atoms with E-state index in [4.69, 9.17) is 5.11 Å². The summed E-state index contributed by atoms with van der Waals surface area (Å²) < 4.78 is 13.4. The summed E-state index contributed by atoms with van der Waals surface area (Å²) >= 11 is 0. The minimum atomic E-state index is -0.836. The Labute approximate surface area is 104 Å². The van der Waals surface area contributed by atoms with Gasteiger partial charge in [-0.25, -0.2) is 4.39 Å². The normalized spacial score (nSPS) is 11.8. The highest BCUT2D eigenvalue weighted by Crippen LogP contribution is 2.14. The number of hydrogen-bond donors (Lipinski definition) is 2. The zero-order valence-corrected chi connectivity index (χ0v) is 10.4. The van der Waals surface area contributed by atoms with Crippen molar-refractivity contribution in [3.63, 3.8) is 0 Å². The van der Waals surface area contributed by atoms with E-state index in [2.05, 4.69) is 5.32 Å². The molecule has 18 heavy (non-hydrogen) atoms. The molecule has 0 fully saturated rings. The summed E-state index contributed by atoms with van der Waals surface area (Å²) in [4.78, 5) is 24.6. The van der Waals surface area contributed by atoms with Gasteiger partial charge in [-0.05, 0) is 19.1 Å². The van der Waals surface area contributed by atoms with Crippen LogP contribution < -0.4 is 5.32 Å². The predicted molar refractivity (Wildman–Crippen MR) is 63.7 cm³/mol. The molecular weight excluding hydrogens is 239 g/mol. The first-order valence-electron chi connectivity index (χ1n) is 5.33. The van der Waals surface area contributed by atoms with Gasteiger partial charge in [0.15, 0.2) is 0 Å². The number of likely N-dealkylation sites (N-methyl/N-ethyl adjacent to an activating group) is 1. The van der Waals surface area contributed by atoms with Crippen LogP contribution in [0.2, 0.25) is 0 Å². The predicted octanol–water partition coefficient (Wildman–Crippen LogP) is 0.738. The summed E-state index contributed by atoms with van der Waals surface area (Å²) in [5.74, 6) is -2.09. The van der Waals surface area contributed by atoms with E-state index in [1.165, 1.54) is 17.9 Å². The Balaban J connectivity index is 2.80. The van der Waals surface area contributed by atoms with Gasteiger partial charge in [0, 0.05) is 20.2 Å². The van der Waals surface area contributed by atoms with Crippen molar-refractivity contribution in [2.45, 2.75) is 13.0 Å². The van der Waals surface area contributed by atoms with Crippen molar-refractivity contribution in [3.8, 4) is 5.75 Å². The first-order valence-corrected chi connectivity index (χ1v) is 5.33. The molecule has 6 heteroatoms. The zero-order valence-electron chi connectivity index (χ0n) is 10.4. The SMILES string of the molecule is CC(NC(=O)c1ccc(O)cc1F)C(=O)N(C)C. The van der Waals surface area contributed by atoms with Gasteiger partial charge in [0.25, 0.3) is 5.91 Å². The van der Waals surface area contributed by atoms with Crippen molar-refractivity contribution >= 4 is 11.8 Å².